The zero-order valence-electron chi connectivity index (χ0n) is 12.9. The van der Waals surface area contributed by atoms with Gasteiger partial charge in [0.05, 0.1) is 0 Å². The van der Waals surface area contributed by atoms with Crippen molar-refractivity contribution in [2.45, 2.75) is 19.8 Å². The average Bonchev–Trinajstić information content (AvgIpc) is 2.55. The monoisotopic (exact) mass is 330 g/mol. The first-order valence-electron chi connectivity index (χ1n) is 7.43. The van der Waals surface area contributed by atoms with Gasteiger partial charge in [0, 0.05) is 29.2 Å². The van der Waals surface area contributed by atoms with Crippen molar-refractivity contribution >= 4 is 34.8 Å². The van der Waals surface area contributed by atoms with E-state index < -0.39 is 0 Å². The van der Waals surface area contributed by atoms with Crippen LogP contribution in [0.25, 0.3) is 0 Å². The smallest absolute Gasteiger partial charge is 0.255 e. The summed E-state index contributed by atoms with van der Waals surface area (Å²) in [6.45, 7) is 1.90. The Balaban J connectivity index is 1.96. The summed E-state index contributed by atoms with van der Waals surface area (Å²) in [4.78, 5) is 23.8. The fraction of sp³-hybridized carbons (Fsp3) is 0.222. The lowest BCUT2D eigenvalue weighted by molar-refractivity contribution is -0.116. The summed E-state index contributed by atoms with van der Waals surface area (Å²) in [7, 11) is 0. The van der Waals surface area contributed by atoms with Crippen LogP contribution in [0.4, 0.5) is 11.4 Å². The molecule has 2 amide bonds. The SMILES string of the molecule is Cc1ccccc1C(=O)Nc1ccc(NC(=O)CCCCl)cc1. The van der Waals surface area contributed by atoms with Crippen LogP contribution >= 0.6 is 11.6 Å². The molecule has 4 nitrogen and oxygen atoms in total. The fourth-order valence-electron chi connectivity index (χ4n) is 2.11. The summed E-state index contributed by atoms with van der Waals surface area (Å²) in [5, 5.41) is 5.63. The van der Waals surface area contributed by atoms with Gasteiger partial charge in [-0.15, -0.1) is 11.6 Å². The Bertz CT molecular complexity index is 684. The van der Waals surface area contributed by atoms with E-state index in [-0.39, 0.29) is 11.8 Å². The van der Waals surface area contributed by atoms with Gasteiger partial charge in [-0.2, -0.15) is 0 Å². The third-order valence-electron chi connectivity index (χ3n) is 3.35. The summed E-state index contributed by atoms with van der Waals surface area (Å²) < 4.78 is 0. The van der Waals surface area contributed by atoms with Gasteiger partial charge < -0.3 is 10.6 Å². The predicted octanol–water partition coefficient (Wildman–Crippen LogP) is 4.20. The molecule has 0 aliphatic rings. The first-order valence-corrected chi connectivity index (χ1v) is 7.96. The normalized spacial score (nSPS) is 10.2. The molecular weight excluding hydrogens is 312 g/mol. The number of carbonyl (C=O) groups is 2. The number of anilines is 2. The Hall–Kier alpha value is -2.33. The Morgan fingerprint density at radius 3 is 2.17 bits per heavy atom. The molecular formula is C18H19ClN2O2. The molecule has 2 N–H and O–H groups in total. The molecule has 120 valence electrons. The standard InChI is InChI=1S/C18H19ClN2O2/c1-13-5-2-3-6-16(13)18(23)21-15-10-8-14(9-11-15)20-17(22)7-4-12-19/h2-3,5-6,8-11H,4,7,12H2,1H3,(H,20,22)(H,21,23). The van der Waals surface area contributed by atoms with Crippen LogP contribution in [-0.4, -0.2) is 17.7 Å². The molecule has 0 atom stereocenters. The molecule has 0 saturated carbocycles. The number of rotatable bonds is 6. The lowest BCUT2D eigenvalue weighted by atomic mass is 10.1. The van der Waals surface area contributed by atoms with Crippen molar-refractivity contribution in [1.29, 1.82) is 0 Å². The summed E-state index contributed by atoms with van der Waals surface area (Å²) in [5.74, 6) is 0.251. The number of nitrogens with one attached hydrogen (secondary N) is 2. The molecule has 0 aliphatic carbocycles. The summed E-state index contributed by atoms with van der Waals surface area (Å²) in [5.41, 5.74) is 2.94. The van der Waals surface area contributed by atoms with Crippen LogP contribution in [0.15, 0.2) is 48.5 Å². The second-order valence-corrected chi connectivity index (χ2v) is 5.57. The lowest BCUT2D eigenvalue weighted by Crippen LogP contribution is -2.14. The van der Waals surface area contributed by atoms with Gasteiger partial charge in [-0.25, -0.2) is 0 Å². The highest BCUT2D eigenvalue weighted by molar-refractivity contribution is 6.18. The molecule has 2 aromatic carbocycles. The number of benzene rings is 2. The first-order chi connectivity index (χ1) is 11.1. The summed E-state index contributed by atoms with van der Waals surface area (Å²) in [6.07, 6.45) is 1.05. The van der Waals surface area contributed by atoms with E-state index in [9.17, 15) is 9.59 Å². The van der Waals surface area contributed by atoms with E-state index in [4.69, 9.17) is 11.6 Å². The highest BCUT2D eigenvalue weighted by Gasteiger charge is 2.08. The van der Waals surface area contributed by atoms with Gasteiger partial charge in [-0.05, 0) is 49.2 Å². The van der Waals surface area contributed by atoms with Crippen LogP contribution in [0.2, 0.25) is 0 Å². The van der Waals surface area contributed by atoms with Crippen molar-refractivity contribution in [3.8, 4) is 0 Å². The molecule has 23 heavy (non-hydrogen) atoms. The van der Waals surface area contributed by atoms with Gasteiger partial charge in [0.2, 0.25) is 5.91 Å². The highest BCUT2D eigenvalue weighted by atomic mass is 35.5. The van der Waals surface area contributed by atoms with Crippen LogP contribution in [0.5, 0.6) is 0 Å². The Labute approximate surface area is 140 Å². The molecule has 2 rings (SSSR count). The minimum atomic E-state index is -0.151. The molecule has 0 unspecified atom stereocenters. The Kier molecular flexibility index (Phi) is 6.18. The Morgan fingerprint density at radius 2 is 1.57 bits per heavy atom. The van der Waals surface area contributed by atoms with Crippen molar-refractivity contribution in [3.63, 3.8) is 0 Å². The van der Waals surface area contributed by atoms with Gasteiger partial charge in [-0.3, -0.25) is 9.59 Å². The van der Waals surface area contributed by atoms with E-state index >= 15 is 0 Å². The van der Waals surface area contributed by atoms with E-state index in [0.717, 1.165) is 5.56 Å². The largest absolute Gasteiger partial charge is 0.326 e. The van der Waals surface area contributed by atoms with Gasteiger partial charge in [0.1, 0.15) is 0 Å². The second kappa shape index (κ2) is 8.34. The van der Waals surface area contributed by atoms with E-state index in [1.165, 1.54) is 0 Å². The van der Waals surface area contributed by atoms with Crippen LogP contribution in [-0.2, 0) is 4.79 Å². The Morgan fingerprint density at radius 1 is 0.957 bits per heavy atom. The molecule has 0 aliphatic heterocycles. The quantitative estimate of drug-likeness (QED) is 0.780. The molecule has 2 aromatic rings. The third-order valence-corrected chi connectivity index (χ3v) is 3.62. The summed E-state index contributed by atoms with van der Waals surface area (Å²) >= 11 is 5.56. The van der Waals surface area contributed by atoms with Crippen LogP contribution in [0.3, 0.4) is 0 Å². The molecule has 5 heteroatoms. The van der Waals surface area contributed by atoms with Crippen molar-refractivity contribution in [3.05, 3.63) is 59.7 Å². The van der Waals surface area contributed by atoms with Gasteiger partial charge in [0.25, 0.3) is 5.91 Å². The number of aryl methyl sites for hydroxylation is 1. The van der Waals surface area contributed by atoms with Crippen molar-refractivity contribution in [2.24, 2.45) is 0 Å². The van der Waals surface area contributed by atoms with Crippen LogP contribution < -0.4 is 10.6 Å². The van der Waals surface area contributed by atoms with Gasteiger partial charge >= 0.3 is 0 Å². The van der Waals surface area contributed by atoms with Gasteiger partial charge in [0.15, 0.2) is 0 Å². The molecule has 0 saturated heterocycles. The minimum Gasteiger partial charge on any atom is -0.326 e. The number of halogens is 1. The predicted molar refractivity (Wildman–Crippen MR) is 94.2 cm³/mol. The number of hydrogen-bond donors (Lipinski definition) is 2. The lowest BCUT2D eigenvalue weighted by Gasteiger charge is -2.09. The third kappa shape index (κ3) is 5.11. The number of carbonyl (C=O) groups excluding carboxylic acids is 2. The maximum absolute atomic E-state index is 12.2. The molecule has 0 heterocycles. The minimum absolute atomic E-state index is 0.0673. The number of amides is 2. The topological polar surface area (TPSA) is 58.2 Å². The number of hydrogen-bond acceptors (Lipinski definition) is 2. The zero-order valence-corrected chi connectivity index (χ0v) is 13.7. The van der Waals surface area contributed by atoms with E-state index in [2.05, 4.69) is 10.6 Å². The molecule has 0 bridgehead atoms. The maximum Gasteiger partial charge on any atom is 0.255 e. The van der Waals surface area contributed by atoms with Crippen LogP contribution in [0, 0.1) is 6.92 Å². The van der Waals surface area contributed by atoms with Crippen molar-refractivity contribution in [1.82, 2.24) is 0 Å². The van der Waals surface area contributed by atoms with Crippen LogP contribution in [0.1, 0.15) is 28.8 Å². The second-order valence-electron chi connectivity index (χ2n) is 5.19. The molecule has 0 radical (unpaired) electrons. The molecule has 0 spiro atoms. The number of alkyl halides is 1. The van der Waals surface area contributed by atoms with E-state index in [1.807, 2.05) is 25.1 Å². The average molecular weight is 331 g/mol. The van der Waals surface area contributed by atoms with Gasteiger partial charge in [-0.1, -0.05) is 18.2 Å². The summed E-state index contributed by atoms with van der Waals surface area (Å²) in [6, 6.07) is 14.4. The molecule has 0 fully saturated rings. The highest BCUT2D eigenvalue weighted by Crippen LogP contribution is 2.16. The molecule has 0 aromatic heterocycles. The van der Waals surface area contributed by atoms with Crippen molar-refractivity contribution < 1.29 is 9.59 Å². The maximum atomic E-state index is 12.2. The fourth-order valence-corrected chi connectivity index (χ4v) is 2.25. The van der Waals surface area contributed by atoms with E-state index in [1.54, 1.807) is 30.3 Å². The van der Waals surface area contributed by atoms with Crippen molar-refractivity contribution in [2.75, 3.05) is 16.5 Å². The zero-order chi connectivity index (χ0) is 16.7. The van der Waals surface area contributed by atoms with E-state index in [0.29, 0.717) is 35.7 Å². The first kappa shape index (κ1) is 17.0.